The third-order valence-corrected chi connectivity index (χ3v) is 4.05. The van der Waals surface area contributed by atoms with Crippen LogP contribution in [0.5, 0.6) is 5.75 Å². The molecule has 1 aliphatic heterocycles. The molecule has 1 aliphatic rings. The molecule has 1 amide bonds. The number of carbonyl (C=O) groups excluding carboxylic acids is 1. The summed E-state index contributed by atoms with van der Waals surface area (Å²) in [5.41, 5.74) is 2.21. The van der Waals surface area contributed by atoms with Gasteiger partial charge in [0.25, 0.3) is 11.5 Å². The van der Waals surface area contributed by atoms with E-state index in [0.29, 0.717) is 30.8 Å². The lowest BCUT2D eigenvalue weighted by Crippen LogP contribution is -2.30. The van der Waals surface area contributed by atoms with E-state index in [9.17, 15) is 9.59 Å². The van der Waals surface area contributed by atoms with Gasteiger partial charge in [0.2, 0.25) is 0 Å². The van der Waals surface area contributed by atoms with Gasteiger partial charge in [-0.25, -0.2) is 0 Å². The van der Waals surface area contributed by atoms with E-state index in [1.165, 1.54) is 13.2 Å². The molecule has 0 saturated carbocycles. The Balaban J connectivity index is 1.77. The van der Waals surface area contributed by atoms with Crippen LogP contribution in [0.1, 0.15) is 28.0 Å². The van der Waals surface area contributed by atoms with Crippen LogP contribution in [0, 0.1) is 0 Å². The molecular weight excluding hydrogens is 294 g/mol. The number of rotatable bonds is 5. The van der Waals surface area contributed by atoms with E-state index in [2.05, 4.69) is 10.3 Å². The summed E-state index contributed by atoms with van der Waals surface area (Å²) in [6.07, 6.45) is 5.80. The summed E-state index contributed by atoms with van der Waals surface area (Å²) in [5.74, 6) is 0.151. The van der Waals surface area contributed by atoms with Crippen molar-refractivity contribution in [1.29, 1.82) is 0 Å². The normalized spacial score (nSPS) is 12.7. The average Bonchev–Trinajstić information content (AvgIpc) is 3.05. The van der Waals surface area contributed by atoms with Crippen molar-refractivity contribution in [2.45, 2.75) is 25.8 Å². The smallest absolute Gasteiger partial charge is 0.256 e. The Morgan fingerprint density at radius 1 is 1.48 bits per heavy atom. The molecule has 2 aromatic rings. The molecule has 2 aromatic heterocycles. The first-order valence-corrected chi connectivity index (χ1v) is 7.68. The minimum absolute atomic E-state index is 0.110. The van der Waals surface area contributed by atoms with Crippen LogP contribution >= 0.6 is 0 Å². The molecule has 120 valence electrons. The summed E-state index contributed by atoms with van der Waals surface area (Å²) in [7, 11) is 1.48. The van der Waals surface area contributed by atoms with Crippen molar-refractivity contribution in [1.82, 2.24) is 14.9 Å². The monoisotopic (exact) mass is 313 g/mol. The second-order valence-electron chi connectivity index (χ2n) is 5.50. The Morgan fingerprint density at radius 2 is 2.35 bits per heavy atom. The van der Waals surface area contributed by atoms with Gasteiger partial charge in [-0.1, -0.05) is 6.07 Å². The van der Waals surface area contributed by atoms with E-state index in [1.807, 2.05) is 12.1 Å². The Kier molecular flexibility index (Phi) is 4.41. The zero-order valence-electron chi connectivity index (χ0n) is 13.0. The highest BCUT2D eigenvalue weighted by Crippen LogP contribution is 2.25. The molecule has 23 heavy (non-hydrogen) atoms. The molecule has 0 unspecified atom stereocenters. The van der Waals surface area contributed by atoms with Gasteiger partial charge in [-0.2, -0.15) is 0 Å². The first kappa shape index (κ1) is 15.3. The average molecular weight is 313 g/mol. The maximum absolute atomic E-state index is 12.6. The first-order valence-electron chi connectivity index (χ1n) is 7.68. The maximum Gasteiger partial charge on any atom is 0.256 e. The number of aromatic nitrogens is 2. The second kappa shape index (κ2) is 6.64. The topological polar surface area (TPSA) is 73.2 Å². The zero-order valence-corrected chi connectivity index (χ0v) is 13.0. The van der Waals surface area contributed by atoms with E-state index >= 15 is 0 Å². The lowest BCUT2D eigenvalue weighted by atomic mass is 10.1. The molecule has 0 atom stereocenters. The van der Waals surface area contributed by atoms with E-state index in [-0.39, 0.29) is 11.5 Å². The van der Waals surface area contributed by atoms with Gasteiger partial charge >= 0.3 is 0 Å². The van der Waals surface area contributed by atoms with E-state index in [0.717, 1.165) is 24.1 Å². The summed E-state index contributed by atoms with van der Waals surface area (Å²) in [4.78, 5) is 28.6. The molecule has 0 radical (unpaired) electrons. The van der Waals surface area contributed by atoms with E-state index in [1.54, 1.807) is 17.0 Å². The molecule has 1 N–H and O–H groups in total. The van der Waals surface area contributed by atoms with Crippen LogP contribution in [0.2, 0.25) is 0 Å². The number of nitrogens with one attached hydrogen (secondary N) is 1. The number of pyridine rings is 2. The number of methoxy groups -OCH3 is 1. The van der Waals surface area contributed by atoms with Gasteiger partial charge in [-0.3, -0.25) is 14.6 Å². The van der Waals surface area contributed by atoms with E-state index in [4.69, 9.17) is 4.74 Å². The van der Waals surface area contributed by atoms with Crippen molar-refractivity contribution < 1.29 is 9.53 Å². The quantitative estimate of drug-likeness (QED) is 0.899. The van der Waals surface area contributed by atoms with E-state index < -0.39 is 0 Å². The predicted octanol–water partition coefficient (Wildman–Crippen LogP) is 1.17. The van der Waals surface area contributed by atoms with Gasteiger partial charge in [0, 0.05) is 37.2 Å². The van der Waals surface area contributed by atoms with Crippen molar-refractivity contribution in [3.05, 3.63) is 57.8 Å². The lowest BCUT2D eigenvalue weighted by molar-refractivity contribution is 0.0949. The summed E-state index contributed by atoms with van der Waals surface area (Å²) in [6.45, 7) is 1.17. The number of amides is 1. The lowest BCUT2D eigenvalue weighted by Gasteiger charge is -2.14. The van der Waals surface area contributed by atoms with Crippen molar-refractivity contribution in [2.75, 3.05) is 13.7 Å². The van der Waals surface area contributed by atoms with Gasteiger partial charge in [-0.15, -0.1) is 0 Å². The Labute approximate surface area is 134 Å². The molecule has 6 nitrogen and oxygen atoms in total. The first-order chi connectivity index (χ1) is 11.2. The maximum atomic E-state index is 12.6. The van der Waals surface area contributed by atoms with Crippen LogP contribution in [0.15, 0.2) is 35.4 Å². The van der Waals surface area contributed by atoms with Gasteiger partial charge in [-0.05, 0) is 30.9 Å². The number of carbonyl (C=O) groups is 1. The molecule has 0 aromatic carbocycles. The molecular formula is C17H19N3O3. The highest BCUT2D eigenvalue weighted by Gasteiger charge is 2.24. The van der Waals surface area contributed by atoms with Crippen LogP contribution in [0.25, 0.3) is 0 Å². The second-order valence-corrected chi connectivity index (χ2v) is 5.50. The molecule has 3 rings (SSSR count). The van der Waals surface area contributed by atoms with Crippen LogP contribution in [-0.2, 0) is 19.4 Å². The van der Waals surface area contributed by atoms with Crippen LogP contribution in [-0.4, -0.2) is 29.1 Å². The van der Waals surface area contributed by atoms with Gasteiger partial charge in [0.15, 0.2) is 0 Å². The van der Waals surface area contributed by atoms with Crippen LogP contribution < -0.4 is 15.6 Å². The van der Waals surface area contributed by atoms with Crippen molar-refractivity contribution in [2.24, 2.45) is 0 Å². The number of fused-ring (bicyclic) bond motifs is 1. The molecule has 0 spiro atoms. The van der Waals surface area contributed by atoms with Gasteiger partial charge < -0.3 is 14.6 Å². The number of hydrogen-bond acceptors (Lipinski definition) is 4. The van der Waals surface area contributed by atoms with Crippen LogP contribution in [0.3, 0.4) is 0 Å². The fraction of sp³-hybridized carbons (Fsp3) is 0.353. The van der Waals surface area contributed by atoms with Crippen molar-refractivity contribution in [3.63, 3.8) is 0 Å². The Bertz CT molecular complexity index is 769. The molecule has 0 bridgehead atoms. The Hall–Kier alpha value is -2.63. The Morgan fingerprint density at radius 3 is 3.09 bits per heavy atom. The standard InChI is InChI=1S/C17H19N3O3/c1-23-14-10-15(21)20-9-3-5-13(20)16(14)17(22)19-8-6-12-4-2-7-18-11-12/h2,4,7,10-11H,3,5-6,8-9H2,1H3,(H,19,22). The zero-order chi connectivity index (χ0) is 16.2. The summed E-state index contributed by atoms with van der Waals surface area (Å²) < 4.78 is 6.92. The molecule has 0 aliphatic carbocycles. The van der Waals surface area contributed by atoms with Gasteiger partial charge in [0.1, 0.15) is 11.3 Å². The highest BCUT2D eigenvalue weighted by atomic mass is 16.5. The molecule has 6 heteroatoms. The number of hydrogen-bond donors (Lipinski definition) is 1. The third-order valence-electron chi connectivity index (χ3n) is 4.05. The highest BCUT2D eigenvalue weighted by molar-refractivity contribution is 5.98. The number of ether oxygens (including phenoxy) is 1. The fourth-order valence-electron chi connectivity index (χ4n) is 2.94. The minimum atomic E-state index is -0.198. The molecule has 0 saturated heterocycles. The predicted molar refractivity (Wildman–Crippen MR) is 85.8 cm³/mol. The van der Waals surface area contributed by atoms with Crippen molar-refractivity contribution >= 4 is 5.91 Å². The van der Waals surface area contributed by atoms with Crippen LogP contribution in [0.4, 0.5) is 0 Å². The number of nitrogens with zero attached hydrogens (tertiary/aromatic N) is 2. The molecule has 3 heterocycles. The summed E-state index contributed by atoms with van der Waals surface area (Å²) >= 11 is 0. The summed E-state index contributed by atoms with van der Waals surface area (Å²) in [6, 6.07) is 5.24. The fourth-order valence-corrected chi connectivity index (χ4v) is 2.94. The third kappa shape index (κ3) is 3.11. The van der Waals surface area contributed by atoms with Crippen molar-refractivity contribution in [3.8, 4) is 5.75 Å². The largest absolute Gasteiger partial charge is 0.496 e. The van der Waals surface area contributed by atoms with Gasteiger partial charge in [0.05, 0.1) is 7.11 Å². The summed E-state index contributed by atoms with van der Waals surface area (Å²) in [5, 5.41) is 2.91. The minimum Gasteiger partial charge on any atom is -0.496 e. The SMILES string of the molecule is COc1cc(=O)n2c(c1C(=O)NCCc1cccnc1)CCC2. The molecule has 0 fully saturated rings.